The van der Waals surface area contributed by atoms with Gasteiger partial charge in [-0.05, 0) is 38.1 Å². The molecular weight excluding hydrogens is 250 g/mol. The minimum Gasteiger partial charge on any atom is -0.329 e. The number of likely N-dealkylation sites (N-methyl/N-ethyl adjacent to an activating group) is 1. The van der Waals surface area contributed by atoms with Crippen LogP contribution in [0.5, 0.6) is 0 Å². The van der Waals surface area contributed by atoms with E-state index in [-0.39, 0.29) is 6.04 Å². The summed E-state index contributed by atoms with van der Waals surface area (Å²) in [6.45, 7) is 3.64. The van der Waals surface area contributed by atoms with Gasteiger partial charge >= 0.3 is 0 Å². The molecule has 108 valence electrons. The van der Waals surface area contributed by atoms with Crippen LogP contribution < -0.4 is 5.73 Å². The Morgan fingerprint density at radius 3 is 2.60 bits per heavy atom. The maximum absolute atomic E-state index is 5.96. The van der Waals surface area contributed by atoms with Gasteiger partial charge in [-0.2, -0.15) is 5.10 Å². The van der Waals surface area contributed by atoms with Crippen LogP contribution in [0.1, 0.15) is 22.9 Å². The van der Waals surface area contributed by atoms with E-state index in [1.54, 1.807) is 0 Å². The van der Waals surface area contributed by atoms with Gasteiger partial charge in [0.1, 0.15) is 0 Å². The molecule has 0 amide bonds. The van der Waals surface area contributed by atoms with Crippen LogP contribution in [0.4, 0.5) is 0 Å². The van der Waals surface area contributed by atoms with Crippen LogP contribution in [0.25, 0.3) is 0 Å². The number of hydrogen-bond donors (Lipinski definition) is 1. The zero-order valence-corrected chi connectivity index (χ0v) is 12.5. The highest BCUT2D eigenvalue weighted by Gasteiger charge is 2.19. The summed E-state index contributed by atoms with van der Waals surface area (Å²) in [5.74, 6) is 0. The van der Waals surface area contributed by atoms with Crippen LogP contribution in [0.15, 0.2) is 30.7 Å². The normalized spacial score (nSPS) is 12.8. The van der Waals surface area contributed by atoms with Gasteiger partial charge in [0.25, 0.3) is 0 Å². The van der Waals surface area contributed by atoms with Gasteiger partial charge in [0.05, 0.1) is 12.2 Å². The summed E-state index contributed by atoms with van der Waals surface area (Å²) in [6, 6.07) is 4.33. The smallest absolute Gasteiger partial charge is 0.0540 e. The Hall–Kier alpha value is -1.72. The van der Waals surface area contributed by atoms with Gasteiger partial charge in [-0.3, -0.25) is 14.6 Å². The molecule has 0 fully saturated rings. The van der Waals surface area contributed by atoms with Crippen molar-refractivity contribution in [2.75, 3.05) is 20.1 Å². The highest BCUT2D eigenvalue weighted by Crippen LogP contribution is 2.21. The van der Waals surface area contributed by atoms with Gasteiger partial charge in [-0.25, -0.2) is 0 Å². The van der Waals surface area contributed by atoms with E-state index >= 15 is 0 Å². The fourth-order valence-corrected chi connectivity index (χ4v) is 2.40. The Kier molecular flexibility index (Phi) is 4.87. The number of nitrogens with zero attached hydrogens (tertiary/aromatic N) is 4. The maximum atomic E-state index is 5.96. The molecule has 0 bridgehead atoms. The molecule has 0 spiro atoms. The van der Waals surface area contributed by atoms with E-state index in [0.29, 0.717) is 6.54 Å². The molecule has 2 rings (SSSR count). The van der Waals surface area contributed by atoms with Gasteiger partial charge in [-0.1, -0.05) is 0 Å². The lowest BCUT2D eigenvalue weighted by molar-refractivity contribution is 0.252. The molecule has 0 saturated heterocycles. The first-order valence-electron chi connectivity index (χ1n) is 6.91. The van der Waals surface area contributed by atoms with Crippen LogP contribution in [-0.4, -0.2) is 39.8 Å². The van der Waals surface area contributed by atoms with Gasteiger partial charge in [0.2, 0.25) is 0 Å². The number of aromatic nitrogens is 3. The van der Waals surface area contributed by atoms with Crippen molar-refractivity contribution in [2.45, 2.75) is 19.4 Å². The molecule has 5 heteroatoms. The lowest BCUT2D eigenvalue weighted by Crippen LogP contribution is -2.32. The highest BCUT2D eigenvalue weighted by molar-refractivity contribution is 5.21. The first kappa shape index (κ1) is 14.7. The minimum absolute atomic E-state index is 0.213. The van der Waals surface area contributed by atoms with E-state index in [1.807, 2.05) is 30.3 Å². The van der Waals surface area contributed by atoms with Crippen molar-refractivity contribution in [1.82, 2.24) is 19.7 Å². The van der Waals surface area contributed by atoms with Crippen LogP contribution in [0, 0.1) is 6.92 Å². The summed E-state index contributed by atoms with van der Waals surface area (Å²) in [7, 11) is 4.08. The third kappa shape index (κ3) is 3.23. The van der Waals surface area contributed by atoms with Crippen molar-refractivity contribution in [3.05, 3.63) is 47.5 Å². The molecule has 2 N–H and O–H groups in total. The van der Waals surface area contributed by atoms with E-state index in [2.05, 4.69) is 41.1 Å². The van der Waals surface area contributed by atoms with Crippen molar-refractivity contribution in [3.8, 4) is 0 Å². The largest absolute Gasteiger partial charge is 0.329 e. The second-order valence-corrected chi connectivity index (χ2v) is 5.15. The zero-order valence-electron chi connectivity index (χ0n) is 12.5. The Morgan fingerprint density at radius 2 is 2.05 bits per heavy atom. The number of aryl methyl sites for hydroxylation is 1. The predicted octanol–water partition coefficient (Wildman–Crippen LogP) is 1.30. The fraction of sp³-hybridized carbons (Fsp3) is 0.467. The SMILES string of the molecule is Cc1c(C(CN)N(C)CCc2ccncc2)cnn1C. The topological polar surface area (TPSA) is 60.0 Å². The molecule has 2 heterocycles. The van der Waals surface area contributed by atoms with E-state index in [1.165, 1.54) is 16.8 Å². The fourth-order valence-electron chi connectivity index (χ4n) is 2.40. The third-order valence-corrected chi connectivity index (χ3v) is 3.89. The summed E-state index contributed by atoms with van der Waals surface area (Å²) < 4.78 is 1.90. The standard InChI is InChI=1S/C15H23N5/c1-12-14(11-18-20(12)3)15(10-16)19(2)9-6-13-4-7-17-8-5-13/h4-5,7-8,11,15H,6,9-10,16H2,1-3H3. The monoisotopic (exact) mass is 273 g/mol. The Bertz CT molecular complexity index is 534. The van der Waals surface area contributed by atoms with Gasteiger partial charge < -0.3 is 5.73 Å². The molecule has 20 heavy (non-hydrogen) atoms. The van der Waals surface area contributed by atoms with Crippen LogP contribution >= 0.6 is 0 Å². The number of nitrogens with two attached hydrogens (primary N) is 1. The quantitative estimate of drug-likeness (QED) is 0.862. The van der Waals surface area contributed by atoms with Crippen molar-refractivity contribution in [2.24, 2.45) is 12.8 Å². The Balaban J connectivity index is 2.02. The third-order valence-electron chi connectivity index (χ3n) is 3.89. The predicted molar refractivity (Wildman–Crippen MR) is 80.3 cm³/mol. The van der Waals surface area contributed by atoms with E-state index in [4.69, 9.17) is 5.73 Å². The first-order chi connectivity index (χ1) is 9.63. The molecular formula is C15H23N5. The summed E-state index contributed by atoms with van der Waals surface area (Å²) in [6.07, 6.45) is 6.59. The van der Waals surface area contributed by atoms with Crippen LogP contribution in [0.2, 0.25) is 0 Å². The van der Waals surface area contributed by atoms with Crippen LogP contribution in [-0.2, 0) is 13.5 Å². The van der Waals surface area contributed by atoms with E-state index < -0.39 is 0 Å². The average Bonchev–Trinajstić information content (AvgIpc) is 2.79. The molecule has 0 aromatic carbocycles. The molecule has 0 aliphatic rings. The summed E-state index contributed by atoms with van der Waals surface area (Å²) in [5.41, 5.74) is 9.65. The Morgan fingerprint density at radius 1 is 1.35 bits per heavy atom. The van der Waals surface area contributed by atoms with Crippen molar-refractivity contribution >= 4 is 0 Å². The molecule has 0 radical (unpaired) electrons. The second kappa shape index (κ2) is 6.63. The van der Waals surface area contributed by atoms with Crippen molar-refractivity contribution in [1.29, 1.82) is 0 Å². The van der Waals surface area contributed by atoms with Crippen molar-refractivity contribution in [3.63, 3.8) is 0 Å². The lowest BCUT2D eigenvalue weighted by atomic mass is 10.1. The number of rotatable bonds is 6. The minimum atomic E-state index is 0.213. The van der Waals surface area contributed by atoms with Gasteiger partial charge in [-0.15, -0.1) is 0 Å². The van der Waals surface area contributed by atoms with E-state index in [0.717, 1.165) is 13.0 Å². The summed E-state index contributed by atoms with van der Waals surface area (Å²) in [5, 5.41) is 4.31. The van der Waals surface area contributed by atoms with Crippen molar-refractivity contribution < 1.29 is 0 Å². The molecule has 1 unspecified atom stereocenters. The first-order valence-corrected chi connectivity index (χ1v) is 6.91. The molecule has 0 aliphatic carbocycles. The van der Waals surface area contributed by atoms with Crippen LogP contribution in [0.3, 0.4) is 0 Å². The highest BCUT2D eigenvalue weighted by atomic mass is 15.3. The summed E-state index contributed by atoms with van der Waals surface area (Å²) in [4.78, 5) is 6.34. The Labute approximate surface area is 120 Å². The number of pyridine rings is 1. The molecule has 2 aromatic heterocycles. The zero-order chi connectivity index (χ0) is 14.5. The molecule has 0 saturated carbocycles. The number of hydrogen-bond acceptors (Lipinski definition) is 4. The lowest BCUT2D eigenvalue weighted by Gasteiger charge is -2.27. The average molecular weight is 273 g/mol. The molecule has 0 aliphatic heterocycles. The molecule has 2 aromatic rings. The molecule has 5 nitrogen and oxygen atoms in total. The second-order valence-electron chi connectivity index (χ2n) is 5.15. The molecule has 1 atom stereocenters. The van der Waals surface area contributed by atoms with E-state index in [9.17, 15) is 0 Å². The van der Waals surface area contributed by atoms with Gasteiger partial charge in [0.15, 0.2) is 0 Å². The van der Waals surface area contributed by atoms with Gasteiger partial charge in [0, 0.05) is 43.8 Å². The summed E-state index contributed by atoms with van der Waals surface area (Å²) >= 11 is 0. The maximum Gasteiger partial charge on any atom is 0.0540 e.